The van der Waals surface area contributed by atoms with Crippen molar-refractivity contribution < 1.29 is 14.7 Å². The second kappa shape index (κ2) is 12.2. The lowest BCUT2D eigenvalue weighted by Gasteiger charge is -2.58. The van der Waals surface area contributed by atoms with E-state index in [0.717, 1.165) is 76.5 Å². The van der Waals surface area contributed by atoms with Gasteiger partial charge in [0.25, 0.3) is 5.91 Å². The van der Waals surface area contributed by atoms with Gasteiger partial charge in [-0.25, -0.2) is 0 Å². The Hall–Kier alpha value is -2.62. The fourth-order valence-electron chi connectivity index (χ4n) is 10.9. The predicted molar refractivity (Wildman–Crippen MR) is 180 cm³/mol. The van der Waals surface area contributed by atoms with Crippen molar-refractivity contribution in [3.05, 3.63) is 47.5 Å². The third-order valence-corrected chi connectivity index (χ3v) is 13.9. The van der Waals surface area contributed by atoms with Crippen molar-refractivity contribution in [2.24, 2.45) is 39.7 Å². The van der Waals surface area contributed by atoms with Crippen molar-refractivity contribution in [3.8, 4) is 12.3 Å². The number of rotatable bonds is 7. The van der Waals surface area contributed by atoms with Crippen molar-refractivity contribution >= 4 is 11.6 Å². The first-order valence-corrected chi connectivity index (χ1v) is 17.6. The Balaban J connectivity index is 1.04. The van der Waals surface area contributed by atoms with Crippen LogP contribution < -0.4 is 5.32 Å². The highest BCUT2D eigenvalue weighted by atomic mass is 16.6. The molecule has 1 aromatic carbocycles. The fraction of sp³-hybridized carbons (Fsp3) is 0.692. The van der Waals surface area contributed by atoms with Gasteiger partial charge in [-0.3, -0.25) is 4.79 Å². The number of fused-ring (bicyclic) bond motifs is 5. The van der Waals surface area contributed by atoms with Gasteiger partial charge in [-0.15, -0.1) is 6.42 Å². The zero-order valence-electron chi connectivity index (χ0n) is 28.3. The number of terminal acetylenes is 1. The van der Waals surface area contributed by atoms with E-state index in [1.54, 1.807) is 0 Å². The molecule has 5 aliphatic rings. The Morgan fingerprint density at radius 3 is 2.62 bits per heavy atom. The average molecular weight is 614 g/mol. The van der Waals surface area contributed by atoms with E-state index < -0.39 is 5.60 Å². The Kier molecular flexibility index (Phi) is 8.76. The number of hydrogen-bond acceptors (Lipinski definition) is 5. The lowest BCUT2D eigenvalue weighted by molar-refractivity contribution is -0.125. The normalized spacial score (nSPS) is 42.1. The van der Waals surface area contributed by atoms with E-state index in [1.165, 1.54) is 11.1 Å². The topological polar surface area (TPSA) is 74.2 Å². The van der Waals surface area contributed by atoms with Crippen molar-refractivity contribution in [1.29, 1.82) is 0 Å². The highest BCUT2D eigenvalue weighted by Gasteiger charge is 2.63. The number of carbonyl (C=O) groups is 1. The molecule has 0 aromatic heterocycles. The van der Waals surface area contributed by atoms with Gasteiger partial charge in [-0.05, 0) is 119 Å². The molecule has 6 nitrogen and oxygen atoms in total. The number of allylic oxidation sites excluding steroid dienone is 2. The molecule has 4 fully saturated rings. The summed E-state index contributed by atoms with van der Waals surface area (Å²) in [6.45, 7) is 11.0. The van der Waals surface area contributed by atoms with Gasteiger partial charge in [-0.1, -0.05) is 67.8 Å². The van der Waals surface area contributed by atoms with Crippen LogP contribution in [0.1, 0.15) is 97.5 Å². The lowest BCUT2D eigenvalue weighted by atomic mass is 9.46. The van der Waals surface area contributed by atoms with Gasteiger partial charge in [0.1, 0.15) is 5.60 Å². The monoisotopic (exact) mass is 613 g/mol. The van der Waals surface area contributed by atoms with E-state index in [9.17, 15) is 9.90 Å². The van der Waals surface area contributed by atoms with Crippen LogP contribution in [-0.4, -0.2) is 60.0 Å². The largest absolute Gasteiger partial charge is 0.385 e. The number of amides is 1. The van der Waals surface area contributed by atoms with Crippen LogP contribution in [0.25, 0.3) is 0 Å². The van der Waals surface area contributed by atoms with Crippen LogP contribution >= 0.6 is 0 Å². The summed E-state index contributed by atoms with van der Waals surface area (Å²) in [6, 6.07) is 11.3. The molecule has 0 bridgehead atoms. The summed E-state index contributed by atoms with van der Waals surface area (Å²) in [5.41, 5.74) is 2.90. The number of aliphatic hydroxyl groups is 1. The van der Waals surface area contributed by atoms with Gasteiger partial charge >= 0.3 is 0 Å². The van der Waals surface area contributed by atoms with Gasteiger partial charge in [0.2, 0.25) is 0 Å². The van der Waals surface area contributed by atoms with E-state index >= 15 is 0 Å². The molecule has 1 aliphatic heterocycles. The minimum absolute atomic E-state index is 0.0404. The maximum atomic E-state index is 12.8. The standard InChI is InChI=1S/C39H55N3O3/c1-7-39(44)20-17-34-32-14-13-30-23-31(15-18-36(30,4)33(32)16-19-37(34,39)5)41-45-26-35(43)40-22-21-38(29-11-9-8-10-12-29)24-28(3)42(6)25-27(38)2/h1,8-12,23,27-28,32-34,44H,13-22,24-26H2,2-6H3,(H,40,43)/t27-,28-,32-,33+,34-,36-,37-,38-,39+/m1/s1. The molecule has 244 valence electrons. The summed E-state index contributed by atoms with van der Waals surface area (Å²) in [5.74, 6) is 4.92. The van der Waals surface area contributed by atoms with E-state index in [-0.39, 0.29) is 28.8 Å². The quantitative estimate of drug-likeness (QED) is 0.272. The molecule has 1 amide bonds. The van der Waals surface area contributed by atoms with Crippen molar-refractivity contribution in [2.75, 3.05) is 26.7 Å². The summed E-state index contributed by atoms with van der Waals surface area (Å²) >= 11 is 0. The number of oxime groups is 1. The molecule has 2 N–H and O–H groups in total. The molecule has 0 spiro atoms. The summed E-state index contributed by atoms with van der Waals surface area (Å²) in [6.07, 6.45) is 18.2. The summed E-state index contributed by atoms with van der Waals surface area (Å²) in [7, 11) is 2.21. The fourth-order valence-corrected chi connectivity index (χ4v) is 10.9. The third-order valence-electron chi connectivity index (χ3n) is 13.9. The van der Waals surface area contributed by atoms with E-state index in [1.807, 2.05) is 0 Å². The molecule has 4 aliphatic carbocycles. The number of nitrogens with zero attached hydrogens (tertiary/aromatic N) is 2. The Labute approximate surface area is 271 Å². The number of likely N-dealkylation sites (tertiary alicyclic amines) is 1. The molecule has 0 radical (unpaired) electrons. The third kappa shape index (κ3) is 5.46. The predicted octanol–water partition coefficient (Wildman–Crippen LogP) is 6.49. The average Bonchev–Trinajstić information content (AvgIpc) is 3.31. The van der Waals surface area contributed by atoms with Crippen LogP contribution in [0.15, 0.2) is 47.1 Å². The highest BCUT2D eigenvalue weighted by Crippen LogP contribution is 2.67. The van der Waals surface area contributed by atoms with E-state index in [4.69, 9.17) is 11.3 Å². The summed E-state index contributed by atoms with van der Waals surface area (Å²) in [5, 5.41) is 18.9. The lowest BCUT2D eigenvalue weighted by Crippen LogP contribution is -2.54. The molecule has 1 aromatic rings. The van der Waals surface area contributed by atoms with Gasteiger partial charge in [0, 0.05) is 30.0 Å². The maximum absolute atomic E-state index is 12.8. The smallest absolute Gasteiger partial charge is 0.260 e. The van der Waals surface area contributed by atoms with Crippen LogP contribution in [-0.2, 0) is 15.0 Å². The zero-order valence-corrected chi connectivity index (χ0v) is 28.3. The SMILES string of the molecule is C#C[C@]1(O)CC[C@@H]2[C@@H]3CCC4=CC(=NOCC(=O)NCC[C@@]5(c6ccccc6)C[C@@H](C)N(C)C[C@H]5C)CC[C@@]4(C)[C@H]3CC[C@]21C. The summed E-state index contributed by atoms with van der Waals surface area (Å²) < 4.78 is 0. The summed E-state index contributed by atoms with van der Waals surface area (Å²) in [4.78, 5) is 20.9. The Morgan fingerprint density at radius 2 is 1.87 bits per heavy atom. The zero-order chi connectivity index (χ0) is 32.0. The second-order valence-electron chi connectivity index (χ2n) is 15.9. The van der Waals surface area contributed by atoms with Crippen LogP contribution in [0.4, 0.5) is 0 Å². The Morgan fingerprint density at radius 1 is 1.11 bits per heavy atom. The molecule has 6 heteroatoms. The first-order chi connectivity index (χ1) is 21.5. The maximum Gasteiger partial charge on any atom is 0.260 e. The molecule has 45 heavy (non-hydrogen) atoms. The first kappa shape index (κ1) is 32.3. The van der Waals surface area contributed by atoms with Crippen molar-refractivity contribution in [3.63, 3.8) is 0 Å². The highest BCUT2D eigenvalue weighted by molar-refractivity contribution is 5.96. The molecule has 6 rings (SSSR count). The number of nitrogens with one attached hydrogen (secondary N) is 1. The molecule has 3 saturated carbocycles. The van der Waals surface area contributed by atoms with Gasteiger partial charge < -0.3 is 20.2 Å². The Bertz CT molecular complexity index is 1370. The number of benzene rings is 1. The molecule has 9 atom stereocenters. The van der Waals surface area contributed by atoms with Crippen LogP contribution in [0, 0.1) is 46.8 Å². The van der Waals surface area contributed by atoms with Crippen molar-refractivity contribution in [2.45, 2.75) is 109 Å². The first-order valence-electron chi connectivity index (χ1n) is 17.6. The van der Waals surface area contributed by atoms with Crippen molar-refractivity contribution in [1.82, 2.24) is 10.2 Å². The van der Waals surface area contributed by atoms with Gasteiger partial charge in [0.15, 0.2) is 6.61 Å². The molecule has 0 unspecified atom stereocenters. The van der Waals surface area contributed by atoms with E-state index in [2.05, 4.69) is 92.4 Å². The molecule has 1 heterocycles. The number of hydrogen-bond donors (Lipinski definition) is 2. The van der Waals surface area contributed by atoms with Crippen LogP contribution in [0.5, 0.6) is 0 Å². The minimum atomic E-state index is -0.955. The molecular weight excluding hydrogens is 558 g/mol. The van der Waals surface area contributed by atoms with Gasteiger partial charge in [-0.2, -0.15) is 0 Å². The number of piperidine rings is 1. The number of carbonyl (C=O) groups excluding carboxylic acids is 1. The van der Waals surface area contributed by atoms with Crippen LogP contribution in [0.3, 0.4) is 0 Å². The van der Waals surface area contributed by atoms with Crippen LogP contribution in [0.2, 0.25) is 0 Å². The molecule has 1 saturated heterocycles. The molecular formula is C39H55N3O3. The van der Waals surface area contributed by atoms with E-state index in [0.29, 0.717) is 36.3 Å². The second-order valence-corrected chi connectivity index (χ2v) is 15.9. The van der Waals surface area contributed by atoms with Gasteiger partial charge in [0.05, 0.1) is 5.71 Å². The minimum Gasteiger partial charge on any atom is -0.385 e.